The zero-order valence-electron chi connectivity index (χ0n) is 9.74. The van der Waals surface area contributed by atoms with Crippen LogP contribution in [-0.2, 0) is 4.79 Å². The van der Waals surface area contributed by atoms with Crippen LogP contribution in [0.3, 0.4) is 0 Å². The molecule has 1 atom stereocenters. The van der Waals surface area contributed by atoms with E-state index in [2.05, 4.69) is 6.92 Å². The molecule has 88 valence electrons. The molecular weight excluding hydrogens is 190 g/mol. The Morgan fingerprint density at radius 3 is 2.67 bits per heavy atom. The number of carbonyl (C=O) groups is 1. The summed E-state index contributed by atoms with van der Waals surface area (Å²) >= 11 is 0. The van der Waals surface area contributed by atoms with Crippen molar-refractivity contribution in [1.29, 1.82) is 0 Å². The van der Waals surface area contributed by atoms with Crippen LogP contribution in [0.15, 0.2) is 0 Å². The third-order valence-corrected chi connectivity index (χ3v) is 3.01. The van der Waals surface area contributed by atoms with Crippen molar-refractivity contribution >= 4 is 5.91 Å². The third-order valence-electron chi connectivity index (χ3n) is 3.01. The van der Waals surface area contributed by atoms with Crippen molar-refractivity contribution < 1.29 is 9.90 Å². The highest BCUT2D eigenvalue weighted by Crippen LogP contribution is 2.12. The van der Waals surface area contributed by atoms with E-state index in [1.807, 2.05) is 0 Å². The molecule has 1 amide bonds. The van der Waals surface area contributed by atoms with Crippen LogP contribution in [0.1, 0.15) is 51.9 Å². The predicted molar refractivity (Wildman–Crippen MR) is 60.6 cm³/mol. The van der Waals surface area contributed by atoms with Crippen molar-refractivity contribution in [1.82, 2.24) is 4.90 Å². The monoisotopic (exact) mass is 213 g/mol. The van der Waals surface area contributed by atoms with Gasteiger partial charge in [-0.1, -0.05) is 32.6 Å². The van der Waals surface area contributed by atoms with Gasteiger partial charge in [0.25, 0.3) is 0 Å². The number of amides is 1. The van der Waals surface area contributed by atoms with Crippen LogP contribution in [0.25, 0.3) is 0 Å². The standard InChI is InChI=1S/C12H23NO2/c1-2-3-4-5-6-7-12(15)13-9-8-11(14)10-13/h11,14H,2-10H2,1H3/t11-/m1/s1. The fourth-order valence-electron chi connectivity index (χ4n) is 2.01. The fraction of sp³-hybridized carbons (Fsp3) is 0.917. The Morgan fingerprint density at radius 2 is 2.07 bits per heavy atom. The van der Waals surface area contributed by atoms with E-state index in [1.54, 1.807) is 4.90 Å². The van der Waals surface area contributed by atoms with Crippen LogP contribution in [0, 0.1) is 0 Å². The maximum Gasteiger partial charge on any atom is 0.222 e. The van der Waals surface area contributed by atoms with Crippen molar-refractivity contribution in [2.75, 3.05) is 13.1 Å². The van der Waals surface area contributed by atoms with Crippen molar-refractivity contribution in [3.05, 3.63) is 0 Å². The normalized spacial score (nSPS) is 20.9. The van der Waals surface area contributed by atoms with E-state index in [-0.39, 0.29) is 12.0 Å². The second-order valence-electron chi connectivity index (χ2n) is 4.45. The number of aliphatic hydroxyl groups is 1. The van der Waals surface area contributed by atoms with Gasteiger partial charge >= 0.3 is 0 Å². The predicted octanol–water partition coefficient (Wildman–Crippen LogP) is 1.94. The first-order valence-electron chi connectivity index (χ1n) is 6.20. The van der Waals surface area contributed by atoms with Crippen molar-refractivity contribution in [2.45, 2.75) is 58.0 Å². The Balaban J connectivity index is 2.03. The molecule has 1 heterocycles. The number of hydrogen-bond donors (Lipinski definition) is 1. The maximum absolute atomic E-state index is 11.6. The summed E-state index contributed by atoms with van der Waals surface area (Å²) in [5, 5.41) is 9.30. The molecule has 1 rings (SSSR count). The lowest BCUT2D eigenvalue weighted by Gasteiger charge is -2.15. The largest absolute Gasteiger partial charge is 0.391 e. The Labute approximate surface area is 92.5 Å². The highest BCUT2D eigenvalue weighted by atomic mass is 16.3. The molecule has 1 aliphatic rings. The summed E-state index contributed by atoms with van der Waals surface area (Å²) in [7, 11) is 0. The van der Waals surface area contributed by atoms with Crippen LogP contribution >= 0.6 is 0 Å². The van der Waals surface area contributed by atoms with Gasteiger partial charge in [-0.3, -0.25) is 4.79 Å². The molecular formula is C12H23NO2. The summed E-state index contributed by atoms with van der Waals surface area (Å²) in [5.41, 5.74) is 0. The number of hydrogen-bond acceptors (Lipinski definition) is 2. The minimum Gasteiger partial charge on any atom is -0.391 e. The molecule has 0 aromatic rings. The molecule has 0 unspecified atom stereocenters. The number of likely N-dealkylation sites (tertiary alicyclic amines) is 1. The fourth-order valence-corrected chi connectivity index (χ4v) is 2.01. The maximum atomic E-state index is 11.6. The Kier molecular flexibility index (Phi) is 5.69. The highest BCUT2D eigenvalue weighted by Gasteiger charge is 2.23. The first kappa shape index (κ1) is 12.5. The van der Waals surface area contributed by atoms with E-state index in [0.717, 1.165) is 25.8 Å². The Bertz CT molecular complexity index is 194. The summed E-state index contributed by atoms with van der Waals surface area (Å²) in [6.45, 7) is 3.49. The van der Waals surface area contributed by atoms with Gasteiger partial charge in [0, 0.05) is 19.5 Å². The van der Waals surface area contributed by atoms with Crippen LogP contribution < -0.4 is 0 Å². The lowest BCUT2D eigenvalue weighted by molar-refractivity contribution is -0.130. The molecule has 0 spiro atoms. The molecule has 1 N–H and O–H groups in total. The number of nitrogens with zero attached hydrogens (tertiary/aromatic N) is 1. The van der Waals surface area contributed by atoms with Gasteiger partial charge in [-0.15, -0.1) is 0 Å². The zero-order chi connectivity index (χ0) is 11.1. The average Bonchev–Trinajstić information content (AvgIpc) is 2.64. The topological polar surface area (TPSA) is 40.5 Å². The number of carbonyl (C=O) groups excluding carboxylic acids is 1. The number of aliphatic hydroxyl groups excluding tert-OH is 1. The molecule has 1 saturated heterocycles. The highest BCUT2D eigenvalue weighted by molar-refractivity contribution is 5.76. The minimum absolute atomic E-state index is 0.225. The van der Waals surface area contributed by atoms with Crippen molar-refractivity contribution in [2.24, 2.45) is 0 Å². The SMILES string of the molecule is CCCCCCCC(=O)N1CC[C@@H](O)C1. The van der Waals surface area contributed by atoms with E-state index in [1.165, 1.54) is 19.3 Å². The van der Waals surface area contributed by atoms with Gasteiger partial charge in [0.15, 0.2) is 0 Å². The lowest BCUT2D eigenvalue weighted by atomic mass is 10.1. The summed E-state index contributed by atoms with van der Waals surface area (Å²) < 4.78 is 0. The number of unbranched alkanes of at least 4 members (excludes halogenated alkanes) is 4. The lowest BCUT2D eigenvalue weighted by Crippen LogP contribution is -2.29. The number of rotatable bonds is 6. The molecule has 1 fully saturated rings. The first-order chi connectivity index (χ1) is 7.24. The molecule has 0 aliphatic carbocycles. The molecule has 0 radical (unpaired) electrons. The van der Waals surface area contributed by atoms with Gasteiger partial charge in [-0.05, 0) is 12.8 Å². The van der Waals surface area contributed by atoms with Crippen LogP contribution in [0.5, 0.6) is 0 Å². The van der Waals surface area contributed by atoms with Crippen molar-refractivity contribution in [3.8, 4) is 0 Å². The molecule has 0 bridgehead atoms. The average molecular weight is 213 g/mol. The summed E-state index contributed by atoms with van der Waals surface area (Å²) in [5.74, 6) is 0.225. The van der Waals surface area contributed by atoms with Gasteiger partial charge < -0.3 is 10.0 Å². The van der Waals surface area contributed by atoms with Gasteiger partial charge in [-0.25, -0.2) is 0 Å². The molecule has 0 saturated carbocycles. The minimum atomic E-state index is -0.283. The van der Waals surface area contributed by atoms with Crippen molar-refractivity contribution in [3.63, 3.8) is 0 Å². The molecule has 15 heavy (non-hydrogen) atoms. The zero-order valence-corrected chi connectivity index (χ0v) is 9.74. The molecule has 3 nitrogen and oxygen atoms in total. The van der Waals surface area contributed by atoms with E-state index in [0.29, 0.717) is 13.0 Å². The smallest absolute Gasteiger partial charge is 0.222 e. The third kappa shape index (κ3) is 4.65. The molecule has 0 aromatic carbocycles. The summed E-state index contributed by atoms with van der Waals surface area (Å²) in [6, 6.07) is 0. The number of β-amino-alcohol motifs (C(OH)–C–C–N with tert-alkyl or cyclic N) is 1. The quantitative estimate of drug-likeness (QED) is 0.685. The molecule has 0 aromatic heterocycles. The van der Waals surface area contributed by atoms with Gasteiger partial charge in [0.1, 0.15) is 0 Å². The van der Waals surface area contributed by atoms with Gasteiger partial charge in [-0.2, -0.15) is 0 Å². The Morgan fingerprint density at radius 1 is 1.33 bits per heavy atom. The summed E-state index contributed by atoms with van der Waals surface area (Å²) in [6.07, 6.45) is 7.06. The molecule has 1 aliphatic heterocycles. The van der Waals surface area contributed by atoms with Crippen LogP contribution in [-0.4, -0.2) is 35.1 Å². The second-order valence-corrected chi connectivity index (χ2v) is 4.45. The second kappa shape index (κ2) is 6.83. The Hall–Kier alpha value is -0.570. The van der Waals surface area contributed by atoms with Gasteiger partial charge in [0.2, 0.25) is 5.91 Å². The first-order valence-corrected chi connectivity index (χ1v) is 6.20. The van der Waals surface area contributed by atoms with Crippen LogP contribution in [0.2, 0.25) is 0 Å². The summed E-state index contributed by atoms with van der Waals surface area (Å²) in [4.78, 5) is 13.4. The van der Waals surface area contributed by atoms with E-state index >= 15 is 0 Å². The molecule has 3 heteroatoms. The van der Waals surface area contributed by atoms with E-state index in [4.69, 9.17) is 0 Å². The van der Waals surface area contributed by atoms with E-state index in [9.17, 15) is 9.90 Å². The van der Waals surface area contributed by atoms with E-state index < -0.39 is 0 Å². The van der Waals surface area contributed by atoms with Gasteiger partial charge in [0.05, 0.1) is 6.10 Å². The van der Waals surface area contributed by atoms with Crippen LogP contribution in [0.4, 0.5) is 0 Å².